The molecule has 2 N–H and O–H groups in total. The molecule has 1 rings (SSSR count). The third kappa shape index (κ3) is 3.70. The van der Waals surface area contributed by atoms with Crippen LogP contribution < -0.4 is 5.84 Å². The van der Waals surface area contributed by atoms with Gasteiger partial charge in [0.05, 0.1) is 4.92 Å². The number of nitrogens with two attached hydrogens (primary N) is 1. The van der Waals surface area contributed by atoms with Gasteiger partial charge in [-0.2, -0.15) is 0 Å². The van der Waals surface area contributed by atoms with Crippen molar-refractivity contribution < 1.29 is 4.92 Å². The van der Waals surface area contributed by atoms with Crippen LogP contribution in [0.3, 0.4) is 0 Å². The molecule has 0 spiro atoms. The quantitative estimate of drug-likeness (QED) is 0.336. The van der Waals surface area contributed by atoms with E-state index in [0.717, 1.165) is 25.1 Å². The van der Waals surface area contributed by atoms with Crippen molar-refractivity contribution in [3.63, 3.8) is 0 Å². The van der Waals surface area contributed by atoms with Crippen LogP contribution in [0.1, 0.15) is 46.0 Å². The van der Waals surface area contributed by atoms with Gasteiger partial charge in [0.25, 0.3) is 0 Å². The smallest absolute Gasteiger partial charge is 0.284 e. The summed E-state index contributed by atoms with van der Waals surface area (Å²) in [6.07, 6.45) is 6.26. The van der Waals surface area contributed by atoms with E-state index < -0.39 is 0 Å². The van der Waals surface area contributed by atoms with E-state index in [-0.39, 0.29) is 16.7 Å². The molecule has 1 aliphatic heterocycles. The molecule has 0 bridgehead atoms. The van der Waals surface area contributed by atoms with Crippen molar-refractivity contribution in [1.82, 2.24) is 5.01 Å². The number of amidine groups is 1. The van der Waals surface area contributed by atoms with Gasteiger partial charge in [-0.25, -0.2) is 10.8 Å². The molecule has 1 aliphatic rings. The molecular formula is C12H22N4O2S. The van der Waals surface area contributed by atoms with Gasteiger partial charge in [0.15, 0.2) is 5.03 Å². The van der Waals surface area contributed by atoms with Gasteiger partial charge in [0, 0.05) is 6.42 Å². The van der Waals surface area contributed by atoms with Crippen LogP contribution in [0.5, 0.6) is 0 Å². The maximum atomic E-state index is 11.3. The van der Waals surface area contributed by atoms with Gasteiger partial charge < -0.3 is 0 Å². The SMILES string of the molecule is CCCCCC1C([N+](=O)[O-])=C(SC)N=C(CC)N1N. The molecule has 108 valence electrons. The summed E-state index contributed by atoms with van der Waals surface area (Å²) in [5.41, 5.74) is 0.142. The minimum absolute atomic E-state index is 0.142. The van der Waals surface area contributed by atoms with Crippen molar-refractivity contribution in [3.8, 4) is 0 Å². The molecule has 1 unspecified atom stereocenters. The Hall–Kier alpha value is -1.08. The molecule has 0 fully saturated rings. The largest absolute Gasteiger partial charge is 0.301 e. The first-order valence-electron chi connectivity index (χ1n) is 6.60. The standard InChI is InChI=1S/C12H22N4O2S/c1-4-6-7-8-9-11(16(17)18)12(19-3)14-10(5-2)15(9)13/h9H,4-8,13H2,1-3H3. The highest BCUT2D eigenvalue weighted by Gasteiger charge is 2.37. The molecule has 1 atom stereocenters. The zero-order valence-corrected chi connectivity index (χ0v) is 12.6. The van der Waals surface area contributed by atoms with Crippen LogP contribution in [-0.4, -0.2) is 28.1 Å². The molecular weight excluding hydrogens is 264 g/mol. The molecule has 0 aromatic carbocycles. The molecule has 0 saturated heterocycles. The molecule has 7 heteroatoms. The molecule has 0 radical (unpaired) electrons. The summed E-state index contributed by atoms with van der Waals surface area (Å²) >= 11 is 1.31. The second kappa shape index (κ2) is 7.49. The van der Waals surface area contributed by atoms with E-state index in [2.05, 4.69) is 11.9 Å². The average Bonchev–Trinajstić information content (AvgIpc) is 2.39. The third-order valence-corrected chi connectivity index (χ3v) is 3.87. The second-order valence-corrected chi connectivity index (χ2v) is 5.25. The maximum absolute atomic E-state index is 11.3. The van der Waals surface area contributed by atoms with Crippen molar-refractivity contribution >= 4 is 17.6 Å². The first-order chi connectivity index (χ1) is 9.06. The van der Waals surface area contributed by atoms with Crippen LogP contribution in [0.2, 0.25) is 0 Å². The van der Waals surface area contributed by atoms with E-state index in [1.54, 1.807) is 0 Å². The Morgan fingerprint density at radius 3 is 2.63 bits per heavy atom. The summed E-state index contributed by atoms with van der Waals surface area (Å²) in [6, 6.07) is -0.364. The van der Waals surface area contributed by atoms with Gasteiger partial charge >= 0.3 is 5.70 Å². The van der Waals surface area contributed by atoms with Gasteiger partial charge in [-0.05, 0) is 12.7 Å². The maximum Gasteiger partial charge on any atom is 0.301 e. The Kier molecular flexibility index (Phi) is 6.30. The zero-order chi connectivity index (χ0) is 14.4. The van der Waals surface area contributed by atoms with Gasteiger partial charge in [-0.3, -0.25) is 15.1 Å². The number of rotatable bonds is 7. The van der Waals surface area contributed by atoms with Gasteiger partial charge in [-0.1, -0.05) is 33.1 Å². The topological polar surface area (TPSA) is 84.8 Å². The van der Waals surface area contributed by atoms with Crippen LogP contribution in [0, 0.1) is 10.1 Å². The first kappa shape index (κ1) is 16.0. The van der Waals surface area contributed by atoms with E-state index in [1.807, 2.05) is 13.2 Å². The van der Waals surface area contributed by atoms with Crippen LogP contribution in [0.15, 0.2) is 15.7 Å². The summed E-state index contributed by atoms with van der Waals surface area (Å²) < 4.78 is 0. The van der Waals surface area contributed by atoms with Crippen molar-refractivity contribution in [2.24, 2.45) is 10.8 Å². The summed E-state index contributed by atoms with van der Waals surface area (Å²) in [7, 11) is 0. The van der Waals surface area contributed by atoms with Crippen LogP contribution in [-0.2, 0) is 0 Å². The summed E-state index contributed by atoms with van der Waals surface area (Å²) in [5, 5.41) is 13.3. The Bertz CT molecular complexity index is 395. The number of thioether (sulfide) groups is 1. The number of hydrazine groups is 1. The lowest BCUT2D eigenvalue weighted by molar-refractivity contribution is -0.433. The fourth-order valence-corrected chi connectivity index (χ4v) is 2.78. The monoisotopic (exact) mass is 286 g/mol. The average molecular weight is 286 g/mol. The summed E-state index contributed by atoms with van der Waals surface area (Å²) in [5.74, 6) is 6.73. The highest BCUT2D eigenvalue weighted by atomic mass is 32.2. The lowest BCUT2D eigenvalue weighted by Crippen LogP contribution is -2.49. The fourth-order valence-electron chi connectivity index (χ4n) is 2.16. The number of hydrogen-bond donors (Lipinski definition) is 1. The molecule has 0 aromatic rings. The minimum Gasteiger partial charge on any atom is -0.284 e. The first-order valence-corrected chi connectivity index (χ1v) is 7.83. The lowest BCUT2D eigenvalue weighted by Gasteiger charge is -2.31. The molecule has 1 heterocycles. The van der Waals surface area contributed by atoms with Crippen LogP contribution >= 0.6 is 11.8 Å². The fraction of sp³-hybridized carbons (Fsp3) is 0.750. The highest BCUT2D eigenvalue weighted by molar-refractivity contribution is 8.02. The van der Waals surface area contributed by atoms with Crippen molar-refractivity contribution in [3.05, 3.63) is 20.8 Å². The number of unbranched alkanes of at least 4 members (excludes halogenated alkanes) is 2. The second-order valence-electron chi connectivity index (χ2n) is 4.45. The molecule has 0 aromatic heterocycles. The normalized spacial score (nSPS) is 19.7. The molecule has 0 saturated carbocycles. The van der Waals surface area contributed by atoms with E-state index >= 15 is 0 Å². The minimum atomic E-state index is -0.364. The Morgan fingerprint density at radius 2 is 2.16 bits per heavy atom. The van der Waals surface area contributed by atoms with E-state index in [9.17, 15) is 10.1 Å². The molecule has 19 heavy (non-hydrogen) atoms. The van der Waals surface area contributed by atoms with Crippen LogP contribution in [0.25, 0.3) is 0 Å². The van der Waals surface area contributed by atoms with Crippen molar-refractivity contribution in [2.75, 3.05) is 6.26 Å². The third-order valence-electron chi connectivity index (χ3n) is 3.19. The Labute approximate surface area is 118 Å². The predicted octanol–water partition coefficient (Wildman–Crippen LogP) is 2.74. The van der Waals surface area contributed by atoms with E-state index in [1.165, 1.54) is 16.8 Å². The number of nitro groups is 1. The predicted molar refractivity (Wildman–Crippen MR) is 79.2 cm³/mol. The lowest BCUT2D eigenvalue weighted by atomic mass is 10.0. The van der Waals surface area contributed by atoms with Gasteiger partial charge in [-0.15, -0.1) is 11.8 Å². The Morgan fingerprint density at radius 1 is 1.47 bits per heavy atom. The summed E-state index contributed by atoms with van der Waals surface area (Å²) in [6.45, 7) is 4.06. The van der Waals surface area contributed by atoms with Crippen molar-refractivity contribution in [1.29, 1.82) is 0 Å². The molecule has 0 aliphatic carbocycles. The number of aliphatic imine (C=N–C) groups is 1. The number of nitrogens with zero attached hydrogens (tertiary/aromatic N) is 3. The van der Waals surface area contributed by atoms with E-state index in [4.69, 9.17) is 5.84 Å². The van der Waals surface area contributed by atoms with E-state index in [0.29, 0.717) is 17.9 Å². The van der Waals surface area contributed by atoms with Crippen molar-refractivity contribution in [2.45, 2.75) is 52.0 Å². The molecule has 6 nitrogen and oxygen atoms in total. The van der Waals surface area contributed by atoms with Gasteiger partial charge in [0.2, 0.25) is 0 Å². The summed E-state index contributed by atoms with van der Waals surface area (Å²) in [4.78, 5) is 15.3. The van der Waals surface area contributed by atoms with Crippen LogP contribution in [0.4, 0.5) is 0 Å². The Balaban J connectivity index is 3.06. The molecule has 0 amide bonds. The van der Waals surface area contributed by atoms with Gasteiger partial charge in [0.1, 0.15) is 11.9 Å². The number of hydrogen-bond acceptors (Lipinski definition) is 6. The zero-order valence-electron chi connectivity index (χ0n) is 11.8. The highest BCUT2D eigenvalue weighted by Crippen LogP contribution is 2.30.